The first-order valence-electron chi connectivity index (χ1n) is 12.4. The number of fused-ring (bicyclic) bond motifs is 2. The van der Waals surface area contributed by atoms with Gasteiger partial charge in [-0.3, -0.25) is 9.69 Å². The van der Waals surface area contributed by atoms with Crippen molar-refractivity contribution in [3.8, 4) is 0 Å². The van der Waals surface area contributed by atoms with Crippen LogP contribution >= 0.6 is 25.2 Å². The van der Waals surface area contributed by atoms with Crippen LogP contribution in [0, 0.1) is 12.8 Å². The third-order valence-corrected chi connectivity index (χ3v) is 9.37. The van der Waals surface area contributed by atoms with Crippen molar-refractivity contribution < 1.29 is 4.79 Å². The Morgan fingerprint density at radius 3 is 2.67 bits per heavy atom. The molecule has 3 aliphatic heterocycles. The van der Waals surface area contributed by atoms with Gasteiger partial charge in [-0.05, 0) is 79.2 Å². The van der Waals surface area contributed by atoms with E-state index < -0.39 is 0 Å². The summed E-state index contributed by atoms with van der Waals surface area (Å²) in [6.07, 6.45) is 9.61. The standard InChI is InChI=1S/C26H36BrN4OP/c1-17-2-4-22-21(24(17)27)5-3-19-15-20(33)16-29-25(19)26(22)31-12-10-30(11-13-31)23(32)14-18-6-8-28-9-7-18/h2,4,15-16,18,25-26,28-29H,3,5-14,33H2,1H3. The van der Waals surface area contributed by atoms with E-state index in [0.717, 1.165) is 71.4 Å². The quantitative estimate of drug-likeness (QED) is 0.582. The summed E-state index contributed by atoms with van der Waals surface area (Å²) in [7, 11) is 2.84. The lowest BCUT2D eigenvalue weighted by atomic mass is 9.90. The maximum Gasteiger partial charge on any atom is 0.222 e. The van der Waals surface area contributed by atoms with Gasteiger partial charge in [0.15, 0.2) is 0 Å². The summed E-state index contributed by atoms with van der Waals surface area (Å²) >= 11 is 3.91. The smallest absolute Gasteiger partial charge is 0.222 e. The lowest BCUT2D eigenvalue weighted by Crippen LogP contribution is -2.53. The van der Waals surface area contributed by atoms with Crippen LogP contribution in [0.3, 0.4) is 0 Å². The number of carbonyl (C=O) groups excluding carboxylic acids is 1. The van der Waals surface area contributed by atoms with Crippen LogP contribution in [0.5, 0.6) is 0 Å². The molecule has 33 heavy (non-hydrogen) atoms. The maximum absolute atomic E-state index is 13.0. The molecule has 0 aromatic heterocycles. The first kappa shape index (κ1) is 23.5. The van der Waals surface area contributed by atoms with Gasteiger partial charge in [0.05, 0.1) is 12.1 Å². The Hall–Kier alpha value is -1.20. The van der Waals surface area contributed by atoms with Crippen molar-refractivity contribution in [1.82, 2.24) is 20.4 Å². The van der Waals surface area contributed by atoms with E-state index in [-0.39, 0.29) is 12.1 Å². The topological polar surface area (TPSA) is 47.6 Å². The number of aryl methyl sites for hydroxylation is 1. The van der Waals surface area contributed by atoms with E-state index in [0.29, 0.717) is 11.8 Å². The average molecular weight is 531 g/mol. The molecule has 1 aromatic rings. The van der Waals surface area contributed by atoms with E-state index in [9.17, 15) is 4.79 Å². The zero-order valence-corrected chi connectivity index (χ0v) is 22.3. The molecule has 3 atom stereocenters. The number of benzene rings is 1. The van der Waals surface area contributed by atoms with E-state index in [2.05, 4.69) is 76.9 Å². The highest BCUT2D eigenvalue weighted by Gasteiger charge is 2.38. The van der Waals surface area contributed by atoms with Crippen molar-refractivity contribution in [3.63, 3.8) is 0 Å². The monoisotopic (exact) mass is 530 g/mol. The Morgan fingerprint density at radius 1 is 1.15 bits per heavy atom. The Bertz CT molecular complexity index is 963. The van der Waals surface area contributed by atoms with Crippen LogP contribution in [0.2, 0.25) is 0 Å². The van der Waals surface area contributed by atoms with Crippen molar-refractivity contribution in [2.45, 2.75) is 51.1 Å². The van der Waals surface area contributed by atoms with Crippen LogP contribution in [-0.4, -0.2) is 61.0 Å². The summed E-state index contributed by atoms with van der Waals surface area (Å²) in [5.41, 5.74) is 5.67. The van der Waals surface area contributed by atoms with Crippen LogP contribution in [-0.2, 0) is 11.2 Å². The Balaban J connectivity index is 1.34. The zero-order chi connectivity index (χ0) is 22.9. The van der Waals surface area contributed by atoms with Crippen molar-refractivity contribution in [3.05, 3.63) is 56.5 Å². The van der Waals surface area contributed by atoms with Gasteiger partial charge in [0.1, 0.15) is 0 Å². The Morgan fingerprint density at radius 2 is 1.91 bits per heavy atom. The van der Waals surface area contributed by atoms with E-state index in [1.165, 1.54) is 32.1 Å². The maximum atomic E-state index is 13.0. The van der Waals surface area contributed by atoms with Gasteiger partial charge in [0.2, 0.25) is 5.91 Å². The minimum atomic E-state index is 0.279. The molecule has 0 radical (unpaired) electrons. The molecule has 0 bridgehead atoms. The summed E-state index contributed by atoms with van der Waals surface area (Å²) in [6.45, 7) is 7.81. The van der Waals surface area contributed by atoms with Gasteiger partial charge in [0.25, 0.3) is 0 Å². The fraction of sp³-hybridized carbons (Fsp3) is 0.577. The lowest BCUT2D eigenvalue weighted by molar-refractivity contribution is -0.134. The first-order chi connectivity index (χ1) is 16.0. The number of nitrogens with one attached hydrogen (secondary N) is 2. The summed E-state index contributed by atoms with van der Waals surface area (Å²) < 4.78 is 1.26. The van der Waals surface area contributed by atoms with Gasteiger partial charge in [-0.15, -0.1) is 9.24 Å². The van der Waals surface area contributed by atoms with Crippen LogP contribution in [0.15, 0.2) is 39.8 Å². The number of carbonyl (C=O) groups is 1. The molecule has 0 spiro atoms. The largest absolute Gasteiger partial charge is 0.382 e. The number of amides is 1. The molecule has 178 valence electrons. The van der Waals surface area contributed by atoms with Crippen molar-refractivity contribution in [2.24, 2.45) is 5.92 Å². The number of halogens is 1. The molecule has 0 saturated carbocycles. The lowest BCUT2D eigenvalue weighted by Gasteiger charge is -2.44. The molecule has 5 rings (SSSR count). The molecule has 5 nitrogen and oxygen atoms in total. The molecule has 7 heteroatoms. The molecule has 3 heterocycles. The molecule has 3 unspecified atom stereocenters. The Kier molecular flexibility index (Phi) is 7.27. The minimum absolute atomic E-state index is 0.279. The molecule has 2 N–H and O–H groups in total. The van der Waals surface area contributed by atoms with E-state index in [1.54, 1.807) is 0 Å². The number of piperidine rings is 1. The van der Waals surface area contributed by atoms with Crippen LogP contribution in [0.1, 0.15) is 48.4 Å². The molecule has 1 aromatic carbocycles. The van der Waals surface area contributed by atoms with Crippen LogP contribution in [0.4, 0.5) is 0 Å². The second kappa shape index (κ2) is 10.2. The molecule has 1 aliphatic carbocycles. The van der Waals surface area contributed by atoms with E-state index in [4.69, 9.17) is 0 Å². The number of piperazine rings is 1. The molecule has 2 fully saturated rings. The predicted molar refractivity (Wildman–Crippen MR) is 141 cm³/mol. The average Bonchev–Trinajstić information content (AvgIpc) is 2.99. The number of hydrogen-bond donors (Lipinski definition) is 2. The zero-order valence-electron chi connectivity index (χ0n) is 19.6. The number of rotatable bonds is 3. The first-order valence-corrected chi connectivity index (χ1v) is 13.8. The second-order valence-electron chi connectivity index (χ2n) is 10.0. The highest BCUT2D eigenvalue weighted by Crippen LogP contribution is 2.42. The van der Waals surface area contributed by atoms with Crippen LogP contribution in [0.25, 0.3) is 0 Å². The van der Waals surface area contributed by atoms with E-state index >= 15 is 0 Å². The summed E-state index contributed by atoms with van der Waals surface area (Å²) in [4.78, 5) is 17.7. The fourth-order valence-corrected chi connectivity index (χ4v) is 6.88. The van der Waals surface area contributed by atoms with E-state index in [1.807, 2.05) is 0 Å². The summed E-state index contributed by atoms with van der Waals surface area (Å²) in [5, 5.41) is 8.35. The van der Waals surface area contributed by atoms with Gasteiger partial charge in [0, 0.05) is 43.3 Å². The van der Waals surface area contributed by atoms with Crippen molar-refractivity contribution >= 4 is 31.1 Å². The van der Waals surface area contributed by atoms with Gasteiger partial charge in [-0.1, -0.05) is 34.1 Å². The fourth-order valence-electron chi connectivity index (χ4n) is 6.01. The van der Waals surface area contributed by atoms with Gasteiger partial charge < -0.3 is 15.5 Å². The summed E-state index contributed by atoms with van der Waals surface area (Å²) in [5.74, 6) is 0.909. The molecular formula is C26H36BrN4OP. The molecule has 4 aliphatic rings. The van der Waals surface area contributed by atoms with Gasteiger partial charge in [-0.2, -0.15) is 0 Å². The van der Waals surface area contributed by atoms with Crippen molar-refractivity contribution in [2.75, 3.05) is 39.3 Å². The van der Waals surface area contributed by atoms with Crippen LogP contribution < -0.4 is 10.6 Å². The predicted octanol–water partition coefficient (Wildman–Crippen LogP) is 3.89. The van der Waals surface area contributed by atoms with Crippen molar-refractivity contribution in [1.29, 1.82) is 0 Å². The minimum Gasteiger partial charge on any atom is -0.382 e. The number of allylic oxidation sites excluding steroid dienone is 2. The number of nitrogens with zero attached hydrogens (tertiary/aromatic N) is 2. The molecule has 1 amide bonds. The third-order valence-electron chi connectivity index (χ3n) is 7.93. The number of dihydropyridines is 1. The molecule has 2 saturated heterocycles. The summed E-state index contributed by atoms with van der Waals surface area (Å²) in [6, 6.07) is 5.16. The highest BCUT2D eigenvalue weighted by atomic mass is 79.9. The highest BCUT2D eigenvalue weighted by molar-refractivity contribution is 9.10. The van der Waals surface area contributed by atoms with Gasteiger partial charge >= 0.3 is 0 Å². The molecular weight excluding hydrogens is 495 g/mol. The SMILES string of the molecule is Cc1ccc2c(c1Br)CCC1=CC(P)=CNC1C2N1CCN(C(=O)CC2CCNCC2)CC1. The number of hydrogen-bond acceptors (Lipinski definition) is 4. The Labute approximate surface area is 208 Å². The third kappa shape index (κ3) is 4.96. The second-order valence-corrected chi connectivity index (χ2v) is 11.5. The normalized spacial score (nSPS) is 26.5. The van der Waals surface area contributed by atoms with Gasteiger partial charge in [-0.25, -0.2) is 0 Å².